The van der Waals surface area contributed by atoms with Crippen LogP contribution in [0.15, 0.2) is 29.2 Å². The number of hydrogen-bond acceptors (Lipinski definition) is 2. The lowest BCUT2D eigenvalue weighted by Gasteiger charge is -2.09. The van der Waals surface area contributed by atoms with Crippen molar-refractivity contribution >= 4 is 10.8 Å². The minimum absolute atomic E-state index is 0.0408. The Morgan fingerprint density at radius 1 is 1.40 bits per heavy atom. The van der Waals surface area contributed by atoms with Gasteiger partial charge in [-0.1, -0.05) is 13.3 Å². The van der Waals surface area contributed by atoms with Gasteiger partial charge in [0.25, 0.3) is 0 Å². The highest BCUT2D eigenvalue weighted by Crippen LogP contribution is 2.09. The lowest BCUT2D eigenvalue weighted by molar-refractivity contribution is 0.625. The van der Waals surface area contributed by atoms with E-state index in [0.29, 0.717) is 10.6 Å². The fourth-order valence-corrected chi connectivity index (χ4v) is 2.52. The van der Waals surface area contributed by atoms with E-state index in [9.17, 15) is 8.60 Å². The van der Waals surface area contributed by atoms with Crippen molar-refractivity contribution in [2.24, 2.45) is 5.73 Å². The molecule has 1 aromatic carbocycles. The molecule has 84 valence electrons. The van der Waals surface area contributed by atoms with Crippen LogP contribution in [0.4, 0.5) is 4.39 Å². The molecule has 0 aliphatic heterocycles. The van der Waals surface area contributed by atoms with Crippen molar-refractivity contribution in [3.05, 3.63) is 30.1 Å². The summed E-state index contributed by atoms with van der Waals surface area (Å²) < 4.78 is 24.4. The SMILES string of the molecule is CCCC(N)CS(=O)c1ccc(F)cc1. The fourth-order valence-electron chi connectivity index (χ4n) is 1.33. The van der Waals surface area contributed by atoms with Crippen molar-refractivity contribution in [3.63, 3.8) is 0 Å². The number of rotatable bonds is 5. The minimum Gasteiger partial charge on any atom is -0.327 e. The highest BCUT2D eigenvalue weighted by atomic mass is 32.2. The molecule has 0 aliphatic carbocycles. The molecule has 0 saturated carbocycles. The molecule has 0 fully saturated rings. The zero-order valence-electron chi connectivity index (χ0n) is 8.78. The lowest BCUT2D eigenvalue weighted by Crippen LogP contribution is -2.26. The first-order valence-corrected chi connectivity index (χ1v) is 6.35. The topological polar surface area (TPSA) is 43.1 Å². The maximum absolute atomic E-state index is 12.6. The summed E-state index contributed by atoms with van der Waals surface area (Å²) >= 11 is 0. The summed E-state index contributed by atoms with van der Waals surface area (Å²) in [6, 6.07) is 5.69. The van der Waals surface area contributed by atoms with Gasteiger partial charge in [-0.05, 0) is 30.7 Å². The zero-order chi connectivity index (χ0) is 11.3. The van der Waals surface area contributed by atoms with Crippen molar-refractivity contribution in [3.8, 4) is 0 Å². The van der Waals surface area contributed by atoms with Crippen LogP contribution in [0.25, 0.3) is 0 Å². The van der Waals surface area contributed by atoms with Crippen LogP contribution < -0.4 is 5.73 Å². The number of benzene rings is 1. The van der Waals surface area contributed by atoms with Crippen molar-refractivity contribution in [2.45, 2.75) is 30.7 Å². The Morgan fingerprint density at radius 2 is 2.00 bits per heavy atom. The van der Waals surface area contributed by atoms with E-state index in [1.54, 1.807) is 12.1 Å². The first-order valence-electron chi connectivity index (χ1n) is 5.03. The van der Waals surface area contributed by atoms with Gasteiger partial charge < -0.3 is 5.73 Å². The van der Waals surface area contributed by atoms with Gasteiger partial charge in [-0.15, -0.1) is 0 Å². The molecular formula is C11H16FNOS. The summed E-state index contributed by atoms with van der Waals surface area (Å²) in [7, 11) is -1.11. The van der Waals surface area contributed by atoms with E-state index in [2.05, 4.69) is 0 Å². The van der Waals surface area contributed by atoms with Gasteiger partial charge in [0.05, 0.1) is 10.8 Å². The first-order chi connectivity index (χ1) is 7.13. The summed E-state index contributed by atoms with van der Waals surface area (Å²) in [5.41, 5.74) is 5.79. The molecule has 0 radical (unpaired) electrons. The minimum atomic E-state index is -1.11. The predicted molar refractivity (Wildman–Crippen MR) is 60.6 cm³/mol. The van der Waals surface area contributed by atoms with Gasteiger partial charge in [-0.25, -0.2) is 4.39 Å². The summed E-state index contributed by atoms with van der Waals surface area (Å²) in [6.45, 7) is 2.04. The van der Waals surface area contributed by atoms with Gasteiger partial charge in [0, 0.05) is 16.7 Å². The molecule has 2 unspecified atom stereocenters. The molecule has 0 amide bonds. The maximum atomic E-state index is 12.6. The maximum Gasteiger partial charge on any atom is 0.123 e. The standard InChI is InChI=1S/C11H16FNOS/c1-2-3-10(13)8-15(14)11-6-4-9(12)5-7-11/h4-7,10H,2-3,8,13H2,1H3. The van der Waals surface area contributed by atoms with Crippen molar-refractivity contribution in [1.29, 1.82) is 0 Å². The van der Waals surface area contributed by atoms with Gasteiger partial charge in [0.1, 0.15) is 5.82 Å². The highest BCUT2D eigenvalue weighted by Gasteiger charge is 2.09. The first kappa shape index (κ1) is 12.3. The van der Waals surface area contributed by atoms with Crippen LogP contribution in [0.3, 0.4) is 0 Å². The Hall–Kier alpha value is -0.740. The molecule has 0 bridgehead atoms. The quantitative estimate of drug-likeness (QED) is 0.839. The molecule has 2 N–H and O–H groups in total. The van der Waals surface area contributed by atoms with E-state index < -0.39 is 10.8 Å². The third kappa shape index (κ3) is 4.10. The second-order valence-corrected chi connectivity index (χ2v) is 5.01. The smallest absolute Gasteiger partial charge is 0.123 e. The third-order valence-electron chi connectivity index (χ3n) is 2.10. The van der Waals surface area contributed by atoms with E-state index in [1.165, 1.54) is 12.1 Å². The number of halogens is 1. The second-order valence-electron chi connectivity index (χ2n) is 3.51. The summed E-state index contributed by atoms with van der Waals surface area (Å²) in [4.78, 5) is 0.642. The molecule has 1 rings (SSSR count). The van der Waals surface area contributed by atoms with Crippen LogP contribution in [-0.2, 0) is 10.8 Å². The molecule has 15 heavy (non-hydrogen) atoms. The Balaban J connectivity index is 2.57. The average Bonchev–Trinajstić information content (AvgIpc) is 2.18. The van der Waals surface area contributed by atoms with Crippen LogP contribution in [-0.4, -0.2) is 16.0 Å². The molecule has 1 aromatic rings. The molecular weight excluding hydrogens is 213 g/mol. The molecule has 4 heteroatoms. The van der Waals surface area contributed by atoms with Gasteiger partial charge in [-0.3, -0.25) is 4.21 Å². The molecule has 0 saturated heterocycles. The van der Waals surface area contributed by atoms with Crippen molar-refractivity contribution in [2.75, 3.05) is 5.75 Å². The van der Waals surface area contributed by atoms with Crippen molar-refractivity contribution in [1.82, 2.24) is 0 Å². The zero-order valence-corrected chi connectivity index (χ0v) is 9.60. The molecule has 2 nitrogen and oxygen atoms in total. The van der Waals surface area contributed by atoms with Crippen LogP contribution in [0.2, 0.25) is 0 Å². The molecule has 0 aromatic heterocycles. The van der Waals surface area contributed by atoms with Gasteiger partial charge in [0.15, 0.2) is 0 Å². The third-order valence-corrected chi connectivity index (χ3v) is 3.63. The normalized spacial score (nSPS) is 14.9. The Bertz CT molecular complexity index is 326. The van der Waals surface area contributed by atoms with Crippen LogP contribution in [0.1, 0.15) is 19.8 Å². The van der Waals surface area contributed by atoms with Crippen LogP contribution in [0.5, 0.6) is 0 Å². The molecule has 0 spiro atoms. The fraction of sp³-hybridized carbons (Fsp3) is 0.455. The van der Waals surface area contributed by atoms with Gasteiger partial charge in [-0.2, -0.15) is 0 Å². The summed E-state index contributed by atoms with van der Waals surface area (Å²) in [5.74, 6) is 0.132. The predicted octanol–water partition coefficient (Wildman–Crippen LogP) is 2.06. The van der Waals surface area contributed by atoms with Crippen molar-refractivity contribution < 1.29 is 8.60 Å². The largest absolute Gasteiger partial charge is 0.327 e. The lowest BCUT2D eigenvalue weighted by atomic mass is 10.2. The Morgan fingerprint density at radius 3 is 2.53 bits per heavy atom. The Kier molecular flexibility index (Phi) is 4.91. The second kappa shape index (κ2) is 5.98. The molecule has 2 atom stereocenters. The van der Waals surface area contributed by atoms with Gasteiger partial charge >= 0.3 is 0 Å². The number of nitrogens with two attached hydrogens (primary N) is 1. The summed E-state index contributed by atoms with van der Waals surface area (Å²) in [5, 5.41) is 0. The van der Waals surface area contributed by atoms with Gasteiger partial charge in [0.2, 0.25) is 0 Å². The Labute approximate surface area is 92.1 Å². The average molecular weight is 229 g/mol. The van der Waals surface area contributed by atoms with E-state index in [0.717, 1.165) is 12.8 Å². The molecule has 0 aliphatic rings. The monoisotopic (exact) mass is 229 g/mol. The van der Waals surface area contributed by atoms with E-state index in [-0.39, 0.29) is 11.9 Å². The van der Waals surface area contributed by atoms with Crippen LogP contribution in [0, 0.1) is 5.82 Å². The summed E-state index contributed by atoms with van der Waals surface area (Å²) in [6.07, 6.45) is 1.86. The van der Waals surface area contributed by atoms with E-state index in [4.69, 9.17) is 5.73 Å². The molecule has 0 heterocycles. The highest BCUT2D eigenvalue weighted by molar-refractivity contribution is 7.85. The number of hydrogen-bond donors (Lipinski definition) is 1. The van der Waals surface area contributed by atoms with E-state index >= 15 is 0 Å². The van der Waals surface area contributed by atoms with E-state index in [1.807, 2.05) is 6.92 Å². The van der Waals surface area contributed by atoms with Crippen LogP contribution >= 0.6 is 0 Å².